The van der Waals surface area contributed by atoms with Crippen molar-refractivity contribution in [3.8, 4) is 0 Å². The van der Waals surface area contributed by atoms with E-state index in [-0.39, 0.29) is 6.61 Å². The van der Waals surface area contributed by atoms with Gasteiger partial charge in [0.1, 0.15) is 6.61 Å². The third kappa shape index (κ3) is 2.42. The molecule has 0 aliphatic rings. The average Bonchev–Trinajstić information content (AvgIpc) is 2.93. The highest BCUT2D eigenvalue weighted by Gasteiger charge is 2.11. The summed E-state index contributed by atoms with van der Waals surface area (Å²) in [7, 11) is 1.40. The van der Waals surface area contributed by atoms with E-state index < -0.39 is 11.5 Å². The van der Waals surface area contributed by atoms with Gasteiger partial charge in [0.25, 0.3) is 17.2 Å². The van der Waals surface area contributed by atoms with E-state index in [4.69, 9.17) is 4.74 Å². The van der Waals surface area contributed by atoms with Crippen LogP contribution in [0.4, 0.5) is 0 Å². The Balaban J connectivity index is 2.13. The number of fused-ring (bicyclic) bond motifs is 3. The number of ether oxygens (including phenoxy) is 1. The molecule has 0 radical (unpaired) electrons. The van der Waals surface area contributed by atoms with Crippen molar-refractivity contribution >= 4 is 34.3 Å². The Morgan fingerprint density at radius 1 is 1.50 bits per heavy atom. The van der Waals surface area contributed by atoms with Gasteiger partial charge in [-0.3, -0.25) is 15.0 Å². The van der Waals surface area contributed by atoms with Crippen molar-refractivity contribution in [2.24, 2.45) is 0 Å². The second kappa shape index (κ2) is 5.73. The monoisotopic (exact) mass is 320 g/mol. The summed E-state index contributed by atoms with van der Waals surface area (Å²) < 4.78 is 7.30. The Kier molecular flexibility index (Phi) is 3.77. The molecule has 0 aliphatic heterocycles. The molecule has 3 heterocycles. The molecule has 3 rings (SSSR count). The number of thioether (sulfide) groups is 1. The molecule has 0 saturated heterocycles. The van der Waals surface area contributed by atoms with Gasteiger partial charge in [0.15, 0.2) is 0 Å². The molecule has 9 nitrogen and oxygen atoms in total. The SMILES string of the molecule is COCC(=O)Nn1ccc2c(cnc3nc(SC)nn32)c1=O. The maximum Gasteiger partial charge on any atom is 0.280 e. The number of nitrogens with zero attached hydrogens (tertiary/aromatic N) is 5. The Labute approximate surface area is 128 Å². The lowest BCUT2D eigenvalue weighted by Crippen LogP contribution is -2.34. The predicted molar refractivity (Wildman–Crippen MR) is 80.6 cm³/mol. The highest BCUT2D eigenvalue weighted by atomic mass is 32.2. The number of hydrogen-bond acceptors (Lipinski definition) is 7. The Morgan fingerprint density at radius 2 is 2.32 bits per heavy atom. The highest BCUT2D eigenvalue weighted by molar-refractivity contribution is 7.98. The summed E-state index contributed by atoms with van der Waals surface area (Å²) >= 11 is 1.39. The molecule has 3 aromatic heterocycles. The third-order valence-corrected chi connectivity index (χ3v) is 3.46. The molecule has 0 spiro atoms. The number of aromatic nitrogens is 5. The number of rotatable bonds is 4. The molecule has 0 aliphatic carbocycles. The molecule has 114 valence electrons. The van der Waals surface area contributed by atoms with Gasteiger partial charge in [0, 0.05) is 19.5 Å². The second-order valence-electron chi connectivity index (χ2n) is 4.33. The first-order chi connectivity index (χ1) is 10.6. The van der Waals surface area contributed by atoms with Gasteiger partial charge >= 0.3 is 0 Å². The number of methoxy groups -OCH3 is 1. The maximum atomic E-state index is 12.4. The molecule has 0 aromatic carbocycles. The van der Waals surface area contributed by atoms with Gasteiger partial charge in [-0.2, -0.15) is 9.50 Å². The number of carbonyl (C=O) groups is 1. The molecule has 0 atom stereocenters. The van der Waals surface area contributed by atoms with Crippen molar-refractivity contribution in [1.29, 1.82) is 0 Å². The van der Waals surface area contributed by atoms with Crippen LogP contribution >= 0.6 is 11.8 Å². The molecule has 1 N–H and O–H groups in total. The van der Waals surface area contributed by atoms with E-state index in [9.17, 15) is 9.59 Å². The Morgan fingerprint density at radius 3 is 3.05 bits per heavy atom. The summed E-state index contributed by atoms with van der Waals surface area (Å²) in [5.41, 5.74) is 2.60. The largest absolute Gasteiger partial charge is 0.375 e. The quantitative estimate of drug-likeness (QED) is 0.668. The first-order valence-corrected chi connectivity index (χ1v) is 7.46. The van der Waals surface area contributed by atoms with Gasteiger partial charge < -0.3 is 4.74 Å². The molecule has 0 saturated carbocycles. The minimum Gasteiger partial charge on any atom is -0.375 e. The standard InChI is InChI=1S/C12H12N6O3S/c1-21-6-9(19)15-17-4-3-8-7(10(17)20)5-13-11-14-12(22-2)16-18(8)11/h3-5H,6H2,1-2H3,(H,15,19). The minimum absolute atomic E-state index is 0.137. The summed E-state index contributed by atoms with van der Waals surface area (Å²) in [6, 6.07) is 1.66. The molecule has 0 unspecified atom stereocenters. The fourth-order valence-corrected chi connectivity index (χ4v) is 2.31. The van der Waals surface area contributed by atoms with E-state index in [2.05, 4.69) is 20.5 Å². The molecule has 3 aromatic rings. The Hall–Kier alpha value is -2.46. The van der Waals surface area contributed by atoms with Crippen molar-refractivity contribution in [2.75, 3.05) is 25.4 Å². The lowest BCUT2D eigenvalue weighted by Gasteiger charge is -2.08. The van der Waals surface area contributed by atoms with Gasteiger partial charge in [-0.1, -0.05) is 11.8 Å². The number of pyridine rings is 1. The van der Waals surface area contributed by atoms with Crippen LogP contribution in [0.15, 0.2) is 28.4 Å². The highest BCUT2D eigenvalue weighted by Crippen LogP contribution is 2.14. The predicted octanol–water partition coefficient (Wildman–Crippen LogP) is -0.122. The molecular formula is C12H12N6O3S. The first kappa shape index (κ1) is 14.5. The molecule has 0 fully saturated rings. The van der Waals surface area contributed by atoms with E-state index in [1.807, 2.05) is 6.26 Å². The summed E-state index contributed by atoms with van der Waals surface area (Å²) in [5, 5.41) is 5.16. The average molecular weight is 320 g/mol. The molecule has 0 bridgehead atoms. The summed E-state index contributed by atoms with van der Waals surface area (Å²) in [5.74, 6) is -0.0131. The van der Waals surface area contributed by atoms with Crippen LogP contribution in [0.1, 0.15) is 0 Å². The van der Waals surface area contributed by atoms with Crippen LogP contribution in [0.5, 0.6) is 0 Å². The fraction of sp³-hybridized carbons (Fsp3) is 0.250. The van der Waals surface area contributed by atoms with Crippen LogP contribution in [0.25, 0.3) is 16.7 Å². The van der Waals surface area contributed by atoms with Crippen LogP contribution in [-0.2, 0) is 9.53 Å². The normalized spacial score (nSPS) is 11.2. The summed E-state index contributed by atoms with van der Waals surface area (Å²) in [4.78, 5) is 32.2. The minimum atomic E-state index is -0.427. The second-order valence-corrected chi connectivity index (χ2v) is 5.10. The fourth-order valence-electron chi connectivity index (χ4n) is 1.97. The molecular weight excluding hydrogens is 308 g/mol. The summed E-state index contributed by atoms with van der Waals surface area (Å²) in [6.07, 6.45) is 4.73. The van der Waals surface area contributed by atoms with E-state index in [1.54, 1.807) is 6.07 Å². The third-order valence-electron chi connectivity index (χ3n) is 2.92. The molecule has 1 amide bonds. The van der Waals surface area contributed by atoms with Gasteiger partial charge in [-0.05, 0) is 12.3 Å². The zero-order valence-corrected chi connectivity index (χ0v) is 12.6. The van der Waals surface area contributed by atoms with Crippen LogP contribution in [0.2, 0.25) is 0 Å². The van der Waals surface area contributed by atoms with Crippen molar-refractivity contribution in [2.45, 2.75) is 5.16 Å². The van der Waals surface area contributed by atoms with E-state index in [1.165, 1.54) is 35.8 Å². The van der Waals surface area contributed by atoms with Crippen LogP contribution < -0.4 is 11.0 Å². The maximum absolute atomic E-state index is 12.4. The molecule has 10 heteroatoms. The van der Waals surface area contributed by atoms with Gasteiger partial charge in [-0.25, -0.2) is 9.66 Å². The Bertz CT molecular complexity index is 918. The van der Waals surface area contributed by atoms with Crippen molar-refractivity contribution in [1.82, 2.24) is 24.3 Å². The topological polar surface area (TPSA) is 103 Å². The summed E-state index contributed by atoms with van der Waals surface area (Å²) in [6.45, 7) is -0.137. The van der Waals surface area contributed by atoms with Crippen LogP contribution in [0.3, 0.4) is 0 Å². The van der Waals surface area contributed by atoms with Gasteiger partial charge in [-0.15, -0.1) is 5.10 Å². The van der Waals surface area contributed by atoms with Gasteiger partial charge in [0.2, 0.25) is 5.16 Å². The van der Waals surface area contributed by atoms with Crippen molar-refractivity contribution in [3.05, 3.63) is 28.8 Å². The lowest BCUT2D eigenvalue weighted by atomic mass is 10.3. The van der Waals surface area contributed by atoms with E-state index in [0.29, 0.717) is 21.8 Å². The zero-order valence-electron chi connectivity index (χ0n) is 11.8. The van der Waals surface area contributed by atoms with Crippen LogP contribution in [0, 0.1) is 0 Å². The van der Waals surface area contributed by atoms with Gasteiger partial charge in [0.05, 0.1) is 10.9 Å². The zero-order chi connectivity index (χ0) is 15.7. The van der Waals surface area contributed by atoms with Crippen LogP contribution in [-0.4, -0.2) is 50.1 Å². The van der Waals surface area contributed by atoms with Crippen molar-refractivity contribution in [3.63, 3.8) is 0 Å². The number of amides is 1. The number of carbonyl (C=O) groups excluding carboxylic acids is 1. The smallest absolute Gasteiger partial charge is 0.280 e. The molecule has 22 heavy (non-hydrogen) atoms. The number of nitrogens with one attached hydrogen (secondary N) is 1. The first-order valence-electron chi connectivity index (χ1n) is 6.24. The van der Waals surface area contributed by atoms with Crippen molar-refractivity contribution < 1.29 is 9.53 Å². The van der Waals surface area contributed by atoms with E-state index >= 15 is 0 Å². The van der Waals surface area contributed by atoms with E-state index in [0.717, 1.165) is 4.68 Å². The lowest BCUT2D eigenvalue weighted by molar-refractivity contribution is -0.120. The number of hydrogen-bond donors (Lipinski definition) is 1.